The predicted molar refractivity (Wildman–Crippen MR) is 72.6 cm³/mol. The van der Waals surface area contributed by atoms with Crippen LogP contribution in [0.3, 0.4) is 0 Å². The first-order valence-corrected chi connectivity index (χ1v) is 6.57. The molecule has 1 N–H and O–H groups in total. The van der Waals surface area contributed by atoms with Crippen molar-refractivity contribution in [1.29, 1.82) is 5.26 Å². The molecule has 0 unspecified atom stereocenters. The fraction of sp³-hybridized carbons (Fsp3) is 0.467. The van der Waals surface area contributed by atoms with E-state index in [0.717, 1.165) is 19.3 Å². The van der Waals surface area contributed by atoms with Crippen LogP contribution in [0.15, 0.2) is 24.3 Å². The van der Waals surface area contributed by atoms with Crippen molar-refractivity contribution in [2.24, 2.45) is 5.41 Å². The summed E-state index contributed by atoms with van der Waals surface area (Å²) in [4.78, 5) is 14.1. The third-order valence-electron chi connectivity index (χ3n) is 3.87. The lowest BCUT2D eigenvalue weighted by Gasteiger charge is -2.33. The molecule has 0 radical (unpaired) electrons. The predicted octanol–water partition coefficient (Wildman–Crippen LogP) is 2.83. The number of aromatic hydroxyl groups is 1. The molecule has 1 saturated carbocycles. The fourth-order valence-corrected chi connectivity index (χ4v) is 2.64. The quantitative estimate of drug-likeness (QED) is 0.887. The Morgan fingerprint density at radius 3 is 2.37 bits per heavy atom. The normalized spacial score (nSPS) is 17.5. The average Bonchev–Trinajstić information content (AvgIpc) is 2.47. The molecule has 0 bridgehead atoms. The van der Waals surface area contributed by atoms with E-state index in [2.05, 4.69) is 6.07 Å². The molecule has 4 heteroatoms. The first-order chi connectivity index (χ1) is 9.09. The first-order valence-electron chi connectivity index (χ1n) is 6.57. The van der Waals surface area contributed by atoms with Crippen molar-refractivity contribution in [3.05, 3.63) is 24.3 Å². The van der Waals surface area contributed by atoms with Crippen LogP contribution in [-0.2, 0) is 4.79 Å². The Morgan fingerprint density at radius 1 is 1.26 bits per heavy atom. The molecule has 0 atom stereocenters. The molecule has 0 aromatic heterocycles. The van der Waals surface area contributed by atoms with E-state index in [-0.39, 0.29) is 11.7 Å². The number of phenolic OH excluding ortho intramolecular Hbond substituents is 1. The summed E-state index contributed by atoms with van der Waals surface area (Å²) in [6, 6.07) is 8.68. The zero-order valence-electron chi connectivity index (χ0n) is 11.1. The van der Waals surface area contributed by atoms with Gasteiger partial charge in [-0.2, -0.15) is 5.26 Å². The lowest BCUT2D eigenvalue weighted by atomic mass is 9.74. The summed E-state index contributed by atoms with van der Waals surface area (Å²) in [5.74, 6) is 0.0256. The largest absolute Gasteiger partial charge is 0.508 e. The van der Waals surface area contributed by atoms with E-state index in [1.165, 1.54) is 4.90 Å². The maximum Gasteiger partial charge on any atom is 0.247 e. The minimum absolute atomic E-state index is 0.139. The molecule has 1 aliphatic rings. The molecule has 0 spiro atoms. The molecule has 0 heterocycles. The lowest BCUT2D eigenvalue weighted by molar-refractivity contribution is -0.126. The lowest BCUT2D eigenvalue weighted by Crippen LogP contribution is -2.42. The number of nitriles is 1. The van der Waals surface area contributed by atoms with Gasteiger partial charge in [-0.15, -0.1) is 0 Å². The van der Waals surface area contributed by atoms with Gasteiger partial charge in [0.25, 0.3) is 0 Å². The number of nitrogens with zero attached hydrogens (tertiary/aromatic N) is 2. The van der Waals surface area contributed by atoms with Crippen LogP contribution in [0, 0.1) is 16.7 Å². The van der Waals surface area contributed by atoms with E-state index in [4.69, 9.17) is 0 Å². The van der Waals surface area contributed by atoms with Gasteiger partial charge in [0.15, 0.2) is 0 Å². The Hall–Kier alpha value is -2.02. The highest BCUT2D eigenvalue weighted by Crippen LogP contribution is 2.38. The molecule has 1 aromatic carbocycles. The van der Waals surface area contributed by atoms with Gasteiger partial charge in [0.1, 0.15) is 11.2 Å². The molecule has 1 amide bonds. The van der Waals surface area contributed by atoms with E-state index in [1.807, 2.05) is 0 Å². The highest BCUT2D eigenvalue weighted by atomic mass is 16.3. The van der Waals surface area contributed by atoms with E-state index in [9.17, 15) is 15.2 Å². The number of rotatable bonds is 2. The van der Waals surface area contributed by atoms with E-state index < -0.39 is 5.41 Å². The van der Waals surface area contributed by atoms with Gasteiger partial charge in [0.2, 0.25) is 5.91 Å². The van der Waals surface area contributed by atoms with Crippen molar-refractivity contribution in [3.63, 3.8) is 0 Å². The van der Waals surface area contributed by atoms with Crippen LogP contribution in [0.4, 0.5) is 5.69 Å². The van der Waals surface area contributed by atoms with Crippen LogP contribution < -0.4 is 4.90 Å². The molecular weight excluding hydrogens is 240 g/mol. The number of amides is 1. The Bertz CT molecular complexity index is 496. The maximum atomic E-state index is 12.6. The number of hydrogen-bond donors (Lipinski definition) is 1. The second kappa shape index (κ2) is 5.31. The van der Waals surface area contributed by atoms with Gasteiger partial charge >= 0.3 is 0 Å². The van der Waals surface area contributed by atoms with Gasteiger partial charge in [-0.25, -0.2) is 0 Å². The van der Waals surface area contributed by atoms with Crippen LogP contribution in [-0.4, -0.2) is 18.1 Å². The summed E-state index contributed by atoms with van der Waals surface area (Å²) in [6.07, 6.45) is 4.25. The van der Waals surface area contributed by atoms with Gasteiger partial charge in [-0.1, -0.05) is 19.3 Å². The molecule has 1 fully saturated rings. The van der Waals surface area contributed by atoms with Crippen LogP contribution in [0.2, 0.25) is 0 Å². The number of hydrogen-bond acceptors (Lipinski definition) is 3. The second-order valence-corrected chi connectivity index (χ2v) is 5.14. The summed E-state index contributed by atoms with van der Waals surface area (Å²) in [6.45, 7) is 0. The second-order valence-electron chi connectivity index (χ2n) is 5.14. The average molecular weight is 258 g/mol. The standard InChI is InChI=1S/C15H18N2O2/c1-17(12-5-7-13(18)8-6-12)14(19)15(11-16)9-3-2-4-10-15/h5-8,18H,2-4,9-10H2,1H3. The highest BCUT2D eigenvalue weighted by molar-refractivity contribution is 5.99. The van der Waals surface area contributed by atoms with Crippen molar-refractivity contribution < 1.29 is 9.90 Å². The monoisotopic (exact) mass is 258 g/mol. The molecular formula is C15H18N2O2. The van der Waals surface area contributed by atoms with Gasteiger partial charge in [-0.05, 0) is 37.1 Å². The van der Waals surface area contributed by atoms with Crippen molar-refractivity contribution in [3.8, 4) is 11.8 Å². The van der Waals surface area contributed by atoms with Gasteiger partial charge in [-0.3, -0.25) is 4.79 Å². The number of benzene rings is 1. The summed E-state index contributed by atoms with van der Waals surface area (Å²) in [7, 11) is 1.68. The Balaban J connectivity index is 2.22. The molecule has 1 aliphatic carbocycles. The molecule has 0 saturated heterocycles. The number of anilines is 1. The van der Waals surface area contributed by atoms with Gasteiger partial charge in [0, 0.05) is 12.7 Å². The highest BCUT2D eigenvalue weighted by Gasteiger charge is 2.41. The summed E-state index contributed by atoms with van der Waals surface area (Å²) < 4.78 is 0. The van der Waals surface area contributed by atoms with Gasteiger partial charge in [0.05, 0.1) is 6.07 Å². The zero-order valence-corrected chi connectivity index (χ0v) is 11.1. The van der Waals surface area contributed by atoms with Crippen molar-refractivity contribution in [2.75, 3.05) is 11.9 Å². The summed E-state index contributed by atoms with van der Waals surface area (Å²) in [5.41, 5.74) is -0.173. The van der Waals surface area contributed by atoms with E-state index in [1.54, 1.807) is 31.3 Å². The number of carbonyl (C=O) groups excluding carboxylic acids is 1. The van der Waals surface area contributed by atoms with Crippen LogP contribution in [0.5, 0.6) is 5.75 Å². The molecule has 1 aromatic rings. The van der Waals surface area contributed by atoms with Crippen LogP contribution in [0.1, 0.15) is 32.1 Å². The number of carbonyl (C=O) groups is 1. The zero-order chi connectivity index (χ0) is 13.9. The van der Waals surface area contributed by atoms with E-state index in [0.29, 0.717) is 18.5 Å². The Morgan fingerprint density at radius 2 is 1.84 bits per heavy atom. The summed E-state index contributed by atoms with van der Waals surface area (Å²) >= 11 is 0. The summed E-state index contributed by atoms with van der Waals surface area (Å²) in [5, 5.41) is 18.7. The molecule has 0 aliphatic heterocycles. The molecule has 19 heavy (non-hydrogen) atoms. The fourth-order valence-electron chi connectivity index (χ4n) is 2.64. The molecule has 2 rings (SSSR count). The van der Waals surface area contributed by atoms with Crippen molar-refractivity contribution in [1.82, 2.24) is 0 Å². The van der Waals surface area contributed by atoms with Crippen LogP contribution in [0.25, 0.3) is 0 Å². The van der Waals surface area contributed by atoms with Crippen molar-refractivity contribution >= 4 is 11.6 Å². The topological polar surface area (TPSA) is 64.3 Å². The SMILES string of the molecule is CN(C(=O)C1(C#N)CCCCC1)c1ccc(O)cc1. The van der Waals surface area contributed by atoms with E-state index >= 15 is 0 Å². The minimum atomic E-state index is -0.870. The first kappa shape index (κ1) is 13.4. The maximum absolute atomic E-state index is 12.6. The van der Waals surface area contributed by atoms with Gasteiger partial charge < -0.3 is 10.0 Å². The van der Waals surface area contributed by atoms with Crippen LogP contribution >= 0.6 is 0 Å². The Kier molecular flexibility index (Phi) is 3.75. The smallest absolute Gasteiger partial charge is 0.247 e. The molecule has 100 valence electrons. The Labute approximate surface area is 113 Å². The molecule has 4 nitrogen and oxygen atoms in total. The van der Waals surface area contributed by atoms with Crippen molar-refractivity contribution in [2.45, 2.75) is 32.1 Å². The third-order valence-corrected chi connectivity index (χ3v) is 3.87. The third kappa shape index (κ3) is 2.55. The number of phenols is 1. The minimum Gasteiger partial charge on any atom is -0.508 e.